The van der Waals surface area contributed by atoms with Crippen molar-refractivity contribution in [3.05, 3.63) is 29.1 Å². The number of aliphatic hydroxyl groups is 1. The Morgan fingerprint density at radius 2 is 2.07 bits per heavy atom. The van der Waals surface area contributed by atoms with Gasteiger partial charge in [-0.1, -0.05) is 0 Å². The molecule has 1 saturated carbocycles. The highest BCUT2D eigenvalue weighted by Crippen LogP contribution is 2.44. The van der Waals surface area contributed by atoms with Crippen LogP contribution in [0.25, 0.3) is 0 Å². The number of aliphatic hydroxyl groups excluding tert-OH is 1. The Morgan fingerprint density at radius 1 is 1.38 bits per heavy atom. The summed E-state index contributed by atoms with van der Waals surface area (Å²) >= 11 is 0. The maximum absolute atomic E-state index is 14.0. The predicted octanol–water partition coefficient (Wildman–Crippen LogP) is 2.67. The molecule has 1 aromatic rings. The van der Waals surface area contributed by atoms with Gasteiger partial charge in [0, 0.05) is 24.9 Å². The lowest BCUT2D eigenvalue weighted by Crippen LogP contribution is -2.63. The number of amides is 1. The standard InChI is InChI=1S/C19H22F4N2O4/c1-10-2-15(14(20)3-13(10)19(21,22)23)28-8-11-6-25(7-11)16(26)12-4-18(5-12)9-29-17(27)24-18/h2-3,11-12,16,26H,4-9H2,1H3,(H,24,27). The van der Waals surface area contributed by atoms with E-state index in [1.54, 1.807) is 0 Å². The first kappa shape index (κ1) is 20.2. The quantitative estimate of drug-likeness (QED) is 0.720. The third-order valence-electron chi connectivity index (χ3n) is 5.99. The van der Waals surface area contributed by atoms with Gasteiger partial charge < -0.3 is 19.9 Å². The normalized spacial score (nSPS) is 28.5. The number of aryl methyl sites for hydroxylation is 1. The number of rotatable bonds is 5. The summed E-state index contributed by atoms with van der Waals surface area (Å²) in [5, 5.41) is 13.2. The molecule has 160 valence electrons. The van der Waals surface area contributed by atoms with Crippen LogP contribution in [0.15, 0.2) is 12.1 Å². The van der Waals surface area contributed by atoms with Gasteiger partial charge in [0.05, 0.1) is 17.7 Å². The second-order valence-corrected chi connectivity index (χ2v) is 8.29. The fraction of sp³-hybridized carbons (Fsp3) is 0.632. The van der Waals surface area contributed by atoms with E-state index in [2.05, 4.69) is 5.32 Å². The van der Waals surface area contributed by atoms with E-state index >= 15 is 0 Å². The van der Waals surface area contributed by atoms with Gasteiger partial charge in [-0.3, -0.25) is 4.90 Å². The molecule has 1 aliphatic carbocycles. The predicted molar refractivity (Wildman–Crippen MR) is 92.6 cm³/mol. The maximum Gasteiger partial charge on any atom is 0.416 e. The minimum atomic E-state index is -4.61. The van der Waals surface area contributed by atoms with Crippen molar-refractivity contribution < 1.29 is 36.9 Å². The van der Waals surface area contributed by atoms with Crippen LogP contribution in [0, 0.1) is 24.6 Å². The second-order valence-electron chi connectivity index (χ2n) is 8.29. The SMILES string of the molecule is Cc1cc(OCC2CN(C(O)C3CC4(COC(=O)N4)C3)C2)c(F)cc1C(F)(F)F. The number of alkyl carbamates (subject to hydrolysis) is 1. The van der Waals surface area contributed by atoms with E-state index in [4.69, 9.17) is 9.47 Å². The van der Waals surface area contributed by atoms with Gasteiger partial charge in [-0.15, -0.1) is 0 Å². The zero-order chi connectivity index (χ0) is 21.0. The van der Waals surface area contributed by atoms with Crippen LogP contribution >= 0.6 is 0 Å². The summed E-state index contributed by atoms with van der Waals surface area (Å²) in [5.74, 6) is -1.16. The summed E-state index contributed by atoms with van der Waals surface area (Å²) in [4.78, 5) is 13.0. The highest BCUT2D eigenvalue weighted by molar-refractivity contribution is 5.71. The van der Waals surface area contributed by atoms with Crippen LogP contribution in [0.2, 0.25) is 0 Å². The number of carbonyl (C=O) groups excluding carboxylic acids is 1. The van der Waals surface area contributed by atoms with Gasteiger partial charge in [-0.2, -0.15) is 13.2 Å². The lowest BCUT2D eigenvalue weighted by molar-refractivity contribution is -0.138. The third-order valence-corrected chi connectivity index (χ3v) is 5.99. The second kappa shape index (κ2) is 7.02. The number of likely N-dealkylation sites (tertiary alicyclic amines) is 1. The average molecular weight is 418 g/mol. The van der Waals surface area contributed by atoms with E-state index in [1.807, 2.05) is 4.90 Å². The van der Waals surface area contributed by atoms with Gasteiger partial charge in [0.1, 0.15) is 12.8 Å². The van der Waals surface area contributed by atoms with Crippen molar-refractivity contribution in [2.24, 2.45) is 11.8 Å². The number of cyclic esters (lactones) is 1. The van der Waals surface area contributed by atoms with Crippen molar-refractivity contribution >= 4 is 6.09 Å². The lowest BCUT2D eigenvalue weighted by atomic mass is 9.67. The van der Waals surface area contributed by atoms with E-state index in [-0.39, 0.29) is 35.3 Å². The number of ether oxygens (including phenoxy) is 2. The first-order valence-corrected chi connectivity index (χ1v) is 9.43. The zero-order valence-electron chi connectivity index (χ0n) is 15.8. The monoisotopic (exact) mass is 418 g/mol. The van der Waals surface area contributed by atoms with E-state index in [0.717, 1.165) is 6.07 Å². The molecule has 4 rings (SSSR count). The minimum absolute atomic E-state index is 0.0360. The van der Waals surface area contributed by atoms with Crippen LogP contribution < -0.4 is 10.1 Å². The lowest BCUT2D eigenvalue weighted by Gasteiger charge is -2.51. The van der Waals surface area contributed by atoms with E-state index in [9.17, 15) is 27.5 Å². The third kappa shape index (κ3) is 3.87. The Balaban J connectivity index is 1.24. The summed E-state index contributed by atoms with van der Waals surface area (Å²) in [7, 11) is 0. The summed E-state index contributed by atoms with van der Waals surface area (Å²) in [6, 6.07) is 1.52. The van der Waals surface area contributed by atoms with Crippen LogP contribution in [-0.2, 0) is 10.9 Å². The largest absolute Gasteiger partial charge is 0.490 e. The van der Waals surface area contributed by atoms with Gasteiger partial charge in [0.25, 0.3) is 0 Å². The summed E-state index contributed by atoms with van der Waals surface area (Å²) < 4.78 is 62.7. The fourth-order valence-electron chi connectivity index (χ4n) is 4.38. The molecule has 2 N–H and O–H groups in total. The smallest absolute Gasteiger partial charge is 0.416 e. The Kier molecular flexibility index (Phi) is 4.89. The number of carbonyl (C=O) groups is 1. The Hall–Kier alpha value is -2.07. The number of benzene rings is 1. The van der Waals surface area contributed by atoms with Crippen LogP contribution in [-0.4, -0.2) is 54.2 Å². The molecule has 2 saturated heterocycles. The molecule has 2 aliphatic heterocycles. The molecular weight excluding hydrogens is 396 g/mol. The average Bonchev–Trinajstić information content (AvgIpc) is 2.95. The number of hydrogen-bond acceptors (Lipinski definition) is 5. The molecule has 2 heterocycles. The molecular formula is C19H22F4N2O4. The van der Waals surface area contributed by atoms with Gasteiger partial charge in [-0.25, -0.2) is 9.18 Å². The van der Waals surface area contributed by atoms with Gasteiger partial charge in [0.15, 0.2) is 11.6 Å². The van der Waals surface area contributed by atoms with E-state index in [0.29, 0.717) is 38.6 Å². The molecule has 1 atom stereocenters. The van der Waals surface area contributed by atoms with Gasteiger partial charge in [0.2, 0.25) is 0 Å². The first-order valence-electron chi connectivity index (χ1n) is 9.43. The molecule has 1 amide bonds. The minimum Gasteiger partial charge on any atom is -0.490 e. The van der Waals surface area contributed by atoms with Crippen molar-refractivity contribution in [1.82, 2.24) is 10.2 Å². The zero-order valence-corrected chi connectivity index (χ0v) is 15.8. The molecule has 1 spiro atoms. The van der Waals surface area contributed by atoms with E-state index < -0.39 is 29.9 Å². The summed E-state index contributed by atoms with van der Waals surface area (Å²) in [6.07, 6.45) is -4.38. The first-order chi connectivity index (χ1) is 13.6. The van der Waals surface area contributed by atoms with Gasteiger partial charge >= 0.3 is 12.3 Å². The Bertz CT molecular complexity index is 804. The van der Waals surface area contributed by atoms with Gasteiger partial charge in [-0.05, 0) is 37.5 Å². The molecule has 1 unspecified atom stereocenters. The molecule has 0 aromatic heterocycles. The summed E-state index contributed by atoms with van der Waals surface area (Å²) in [6.45, 7) is 2.84. The van der Waals surface area contributed by atoms with Crippen molar-refractivity contribution in [1.29, 1.82) is 0 Å². The fourth-order valence-corrected chi connectivity index (χ4v) is 4.38. The van der Waals surface area contributed by atoms with E-state index in [1.165, 1.54) is 6.92 Å². The summed E-state index contributed by atoms with van der Waals surface area (Å²) in [5.41, 5.74) is -1.46. The topological polar surface area (TPSA) is 71.0 Å². The number of alkyl halides is 3. The highest BCUT2D eigenvalue weighted by Gasteiger charge is 2.54. The molecule has 10 heteroatoms. The number of nitrogens with zero attached hydrogens (tertiary/aromatic N) is 1. The van der Waals surface area contributed by atoms with Crippen molar-refractivity contribution in [3.8, 4) is 5.75 Å². The molecule has 1 aromatic carbocycles. The van der Waals surface area contributed by atoms with Crippen molar-refractivity contribution in [2.45, 2.75) is 37.7 Å². The molecule has 6 nitrogen and oxygen atoms in total. The number of nitrogens with one attached hydrogen (secondary N) is 1. The molecule has 0 bridgehead atoms. The maximum atomic E-state index is 14.0. The number of halogens is 4. The van der Waals surface area contributed by atoms with Crippen molar-refractivity contribution in [2.75, 3.05) is 26.3 Å². The van der Waals surface area contributed by atoms with Crippen LogP contribution in [0.1, 0.15) is 24.0 Å². The van der Waals surface area contributed by atoms with Crippen LogP contribution in [0.4, 0.5) is 22.4 Å². The van der Waals surface area contributed by atoms with Crippen molar-refractivity contribution in [3.63, 3.8) is 0 Å². The number of hydrogen-bond donors (Lipinski definition) is 2. The molecule has 3 aliphatic rings. The molecule has 0 radical (unpaired) electrons. The highest BCUT2D eigenvalue weighted by atomic mass is 19.4. The Morgan fingerprint density at radius 3 is 2.66 bits per heavy atom. The molecule has 29 heavy (non-hydrogen) atoms. The van der Waals surface area contributed by atoms with Crippen LogP contribution in [0.3, 0.4) is 0 Å². The molecule has 3 fully saturated rings. The van der Waals surface area contributed by atoms with Crippen LogP contribution in [0.5, 0.6) is 5.75 Å². The Labute approximate surface area is 164 Å².